The second-order valence-corrected chi connectivity index (χ2v) is 6.52. The highest BCUT2D eigenvalue weighted by Gasteiger charge is 2.28. The second-order valence-electron chi connectivity index (χ2n) is 4.90. The average Bonchev–Trinajstić information content (AvgIpc) is 2.31. The van der Waals surface area contributed by atoms with Gasteiger partial charge in [-0.2, -0.15) is 0 Å². The van der Waals surface area contributed by atoms with Gasteiger partial charge in [-0.3, -0.25) is 9.79 Å². The van der Waals surface area contributed by atoms with E-state index < -0.39 is 10.0 Å². The molecule has 3 N–H and O–H groups in total. The number of nitrogens with zero attached hydrogens (tertiary/aromatic N) is 1. The van der Waals surface area contributed by atoms with E-state index in [1.165, 1.54) is 6.92 Å². The van der Waals surface area contributed by atoms with Gasteiger partial charge in [0.25, 0.3) is 10.0 Å². The number of amides is 1. The number of fused-ring (bicyclic) bond motifs is 1. The third-order valence-corrected chi connectivity index (χ3v) is 4.47. The van der Waals surface area contributed by atoms with Gasteiger partial charge in [-0.05, 0) is 31.0 Å². The number of guanidine groups is 1. The number of carbonyl (C=O) groups excluding carboxylic acids is 1. The fourth-order valence-corrected chi connectivity index (χ4v) is 3.56. The highest BCUT2D eigenvalue weighted by Crippen LogP contribution is 2.29. The van der Waals surface area contributed by atoms with Crippen LogP contribution in [0.4, 0.5) is 5.69 Å². The lowest BCUT2D eigenvalue weighted by molar-refractivity contribution is -0.118. The second kappa shape index (κ2) is 5.72. The number of carbonyl (C=O) groups is 1. The van der Waals surface area contributed by atoms with E-state index in [4.69, 9.17) is 0 Å². The van der Waals surface area contributed by atoms with Crippen molar-refractivity contribution in [3.63, 3.8) is 0 Å². The van der Waals surface area contributed by atoms with E-state index in [1.54, 1.807) is 13.0 Å². The summed E-state index contributed by atoms with van der Waals surface area (Å²) in [7, 11) is -3.62. The molecular formula is C13H18N4O3S. The Kier molecular flexibility index (Phi) is 4.17. The van der Waals surface area contributed by atoms with Crippen molar-refractivity contribution < 1.29 is 13.2 Å². The third kappa shape index (κ3) is 3.52. The molecule has 1 heterocycles. The van der Waals surface area contributed by atoms with Crippen molar-refractivity contribution >= 4 is 27.6 Å². The Bertz CT molecular complexity index is 710. The first kappa shape index (κ1) is 15.3. The molecule has 8 heteroatoms. The van der Waals surface area contributed by atoms with Crippen LogP contribution in [0.2, 0.25) is 0 Å². The van der Waals surface area contributed by atoms with E-state index in [9.17, 15) is 13.2 Å². The zero-order valence-corrected chi connectivity index (χ0v) is 13.0. The molecule has 21 heavy (non-hydrogen) atoms. The van der Waals surface area contributed by atoms with Gasteiger partial charge in [0.15, 0.2) is 0 Å². The number of nitrogens with one attached hydrogen (secondary N) is 3. The summed E-state index contributed by atoms with van der Waals surface area (Å²) in [6, 6.07) is 3.59. The normalized spacial score (nSPS) is 17.6. The quantitative estimate of drug-likeness (QED) is 0.708. The van der Waals surface area contributed by atoms with Crippen LogP contribution in [0.5, 0.6) is 0 Å². The summed E-state index contributed by atoms with van der Waals surface area (Å²) in [5.41, 5.74) is 2.17. The SMILES string of the molecule is CC(=O)NCCN=C1Nc2cc(C)cc(C)c2S(=O)(=O)N1. The molecule has 0 bridgehead atoms. The topological polar surface area (TPSA) is 99.7 Å². The van der Waals surface area contributed by atoms with E-state index in [2.05, 4.69) is 20.3 Å². The molecule has 1 aromatic rings. The summed E-state index contributed by atoms with van der Waals surface area (Å²) in [6.07, 6.45) is 0. The highest BCUT2D eigenvalue weighted by atomic mass is 32.2. The van der Waals surface area contributed by atoms with Crippen molar-refractivity contribution in [3.8, 4) is 0 Å². The van der Waals surface area contributed by atoms with Crippen LogP contribution < -0.4 is 15.4 Å². The fraction of sp³-hybridized carbons (Fsp3) is 0.385. The molecule has 1 amide bonds. The van der Waals surface area contributed by atoms with Gasteiger partial charge < -0.3 is 10.6 Å². The van der Waals surface area contributed by atoms with E-state index >= 15 is 0 Å². The molecule has 1 aromatic carbocycles. The molecule has 1 aliphatic rings. The minimum Gasteiger partial charge on any atom is -0.354 e. The predicted molar refractivity (Wildman–Crippen MR) is 80.8 cm³/mol. The van der Waals surface area contributed by atoms with Gasteiger partial charge in [0, 0.05) is 13.5 Å². The molecule has 0 spiro atoms. The Morgan fingerprint density at radius 2 is 2.05 bits per heavy atom. The van der Waals surface area contributed by atoms with Gasteiger partial charge in [-0.1, -0.05) is 6.07 Å². The Balaban J connectivity index is 2.25. The predicted octanol–water partition coefficient (Wildman–Crippen LogP) is 0.499. The van der Waals surface area contributed by atoms with E-state index in [0.29, 0.717) is 17.8 Å². The summed E-state index contributed by atoms with van der Waals surface area (Å²) in [5.74, 6) is 0.0156. The highest BCUT2D eigenvalue weighted by molar-refractivity contribution is 7.90. The molecule has 0 unspecified atom stereocenters. The molecule has 0 aromatic heterocycles. The molecule has 7 nitrogen and oxygen atoms in total. The van der Waals surface area contributed by atoms with Gasteiger partial charge >= 0.3 is 0 Å². The maximum atomic E-state index is 12.3. The molecule has 2 rings (SSSR count). The van der Waals surface area contributed by atoms with Crippen molar-refractivity contribution in [2.75, 3.05) is 18.4 Å². The monoisotopic (exact) mass is 310 g/mol. The number of rotatable bonds is 3. The number of sulfonamides is 1. The smallest absolute Gasteiger partial charge is 0.266 e. The minimum absolute atomic E-state index is 0.149. The number of anilines is 1. The van der Waals surface area contributed by atoms with Crippen LogP contribution in [0, 0.1) is 13.8 Å². The first-order valence-corrected chi connectivity index (χ1v) is 7.98. The number of benzene rings is 1. The molecule has 0 saturated heterocycles. The lowest BCUT2D eigenvalue weighted by Crippen LogP contribution is -2.41. The molecule has 0 aliphatic carbocycles. The first-order chi connectivity index (χ1) is 9.79. The van der Waals surface area contributed by atoms with Crippen LogP contribution in [0.15, 0.2) is 22.0 Å². The zero-order chi connectivity index (χ0) is 15.6. The summed E-state index contributed by atoms with van der Waals surface area (Å²) >= 11 is 0. The van der Waals surface area contributed by atoms with Gasteiger partial charge in [0.05, 0.1) is 12.2 Å². The number of hydrogen-bond donors (Lipinski definition) is 3. The Labute approximate surface area is 123 Å². The largest absolute Gasteiger partial charge is 0.354 e. The van der Waals surface area contributed by atoms with E-state index in [1.807, 2.05) is 13.0 Å². The van der Waals surface area contributed by atoms with Crippen molar-refractivity contribution in [2.45, 2.75) is 25.7 Å². The summed E-state index contributed by atoms with van der Waals surface area (Å²) in [6.45, 7) is 5.70. The fourth-order valence-electron chi connectivity index (χ4n) is 2.21. The van der Waals surface area contributed by atoms with Gasteiger partial charge in [-0.25, -0.2) is 13.1 Å². The standard InChI is InChI=1S/C13H18N4O3S/c1-8-6-9(2)12-11(7-8)16-13(17-21(12,19)20)15-5-4-14-10(3)18/h6-7H,4-5H2,1-3H3,(H,14,18)(H2,15,16,17). The van der Waals surface area contributed by atoms with Crippen LogP contribution in [-0.2, 0) is 14.8 Å². The first-order valence-electron chi connectivity index (χ1n) is 6.49. The Morgan fingerprint density at radius 3 is 2.71 bits per heavy atom. The van der Waals surface area contributed by atoms with Crippen molar-refractivity contribution in [2.24, 2.45) is 4.99 Å². The van der Waals surface area contributed by atoms with Crippen molar-refractivity contribution in [1.82, 2.24) is 10.0 Å². The lowest BCUT2D eigenvalue weighted by atomic mass is 10.1. The maximum Gasteiger partial charge on any atom is 0.266 e. The zero-order valence-electron chi connectivity index (χ0n) is 12.1. The Morgan fingerprint density at radius 1 is 1.33 bits per heavy atom. The van der Waals surface area contributed by atoms with Gasteiger partial charge in [-0.15, -0.1) is 0 Å². The lowest BCUT2D eigenvalue weighted by Gasteiger charge is -2.23. The van der Waals surface area contributed by atoms with Crippen molar-refractivity contribution in [1.29, 1.82) is 0 Å². The van der Waals surface area contributed by atoms with E-state index in [0.717, 1.165) is 5.56 Å². The van der Waals surface area contributed by atoms with Crippen LogP contribution >= 0.6 is 0 Å². The molecule has 0 saturated carbocycles. The number of aryl methyl sites for hydroxylation is 2. The number of hydrogen-bond acceptors (Lipinski definition) is 4. The summed E-state index contributed by atoms with van der Waals surface area (Å²) in [5, 5.41) is 5.56. The average molecular weight is 310 g/mol. The van der Waals surface area contributed by atoms with Crippen LogP contribution in [-0.4, -0.2) is 33.4 Å². The Hall–Kier alpha value is -2.09. The number of aliphatic imine (C=N–C) groups is 1. The molecular weight excluding hydrogens is 292 g/mol. The van der Waals surface area contributed by atoms with Crippen LogP contribution in [0.1, 0.15) is 18.1 Å². The van der Waals surface area contributed by atoms with Crippen LogP contribution in [0.3, 0.4) is 0 Å². The molecule has 0 atom stereocenters. The van der Waals surface area contributed by atoms with Gasteiger partial charge in [0.2, 0.25) is 11.9 Å². The maximum absolute atomic E-state index is 12.3. The van der Waals surface area contributed by atoms with Crippen molar-refractivity contribution in [3.05, 3.63) is 23.3 Å². The molecule has 0 fully saturated rings. The molecule has 0 radical (unpaired) electrons. The summed E-state index contributed by atoms with van der Waals surface area (Å²) < 4.78 is 26.9. The molecule has 114 valence electrons. The minimum atomic E-state index is -3.62. The third-order valence-electron chi connectivity index (χ3n) is 2.93. The molecule has 1 aliphatic heterocycles. The van der Waals surface area contributed by atoms with Crippen LogP contribution in [0.25, 0.3) is 0 Å². The summed E-state index contributed by atoms with van der Waals surface area (Å²) in [4.78, 5) is 15.1. The van der Waals surface area contributed by atoms with Gasteiger partial charge in [0.1, 0.15) is 4.90 Å². The van der Waals surface area contributed by atoms with E-state index in [-0.39, 0.29) is 23.3 Å².